The standard InChI is InChI=1S/C25H38N4O6/c1-15(2)20(27-24(34)35-25(4,5)6)21(30)26-19(14-17-10-7-9-16(3)13-17)22(31)29-12-8-11-18(28-29)23(32)33/h7,9-10,13,15,18-20,28H,8,11-12,14H2,1-6H3,(H,26,30)(H,27,34)(H,32,33)/t18-,19-,20-/m0/s1. The van der Waals surface area contributed by atoms with E-state index in [9.17, 15) is 24.3 Å². The van der Waals surface area contributed by atoms with Gasteiger partial charge in [0.05, 0.1) is 0 Å². The molecule has 0 saturated carbocycles. The highest BCUT2D eigenvalue weighted by Crippen LogP contribution is 2.14. The highest BCUT2D eigenvalue weighted by Gasteiger charge is 2.35. The van der Waals surface area contributed by atoms with E-state index in [1.807, 2.05) is 31.2 Å². The van der Waals surface area contributed by atoms with Crippen molar-refractivity contribution in [3.63, 3.8) is 0 Å². The lowest BCUT2D eigenvalue weighted by molar-refractivity contribution is -0.148. The van der Waals surface area contributed by atoms with Crippen LogP contribution >= 0.6 is 0 Å². The van der Waals surface area contributed by atoms with E-state index < -0.39 is 47.6 Å². The first kappa shape index (κ1) is 28.1. The molecule has 0 unspecified atom stereocenters. The quantitative estimate of drug-likeness (QED) is 0.438. The number of hydrazine groups is 1. The summed E-state index contributed by atoms with van der Waals surface area (Å²) in [5.41, 5.74) is 3.88. The van der Waals surface area contributed by atoms with Gasteiger partial charge in [0.15, 0.2) is 0 Å². The maximum Gasteiger partial charge on any atom is 0.408 e. The van der Waals surface area contributed by atoms with Gasteiger partial charge in [0.1, 0.15) is 23.7 Å². The molecule has 1 heterocycles. The second kappa shape index (κ2) is 12.0. The van der Waals surface area contributed by atoms with Gasteiger partial charge in [0.2, 0.25) is 5.91 Å². The molecule has 3 atom stereocenters. The maximum atomic E-state index is 13.4. The lowest BCUT2D eigenvalue weighted by atomic mass is 10.00. The van der Waals surface area contributed by atoms with Gasteiger partial charge in [-0.2, -0.15) is 0 Å². The molecule has 0 aromatic heterocycles. The smallest absolute Gasteiger partial charge is 0.408 e. The van der Waals surface area contributed by atoms with Crippen molar-refractivity contribution in [3.05, 3.63) is 35.4 Å². The molecular formula is C25H38N4O6. The third-order valence-corrected chi connectivity index (χ3v) is 5.51. The number of ether oxygens (including phenoxy) is 1. The van der Waals surface area contributed by atoms with Crippen LogP contribution in [0.5, 0.6) is 0 Å². The minimum atomic E-state index is -1.04. The lowest BCUT2D eigenvalue weighted by Crippen LogP contribution is -2.62. The van der Waals surface area contributed by atoms with Crippen molar-refractivity contribution in [3.8, 4) is 0 Å². The van der Waals surface area contributed by atoms with Crippen LogP contribution in [0.2, 0.25) is 0 Å². The Hall–Kier alpha value is -3.14. The minimum Gasteiger partial charge on any atom is -0.480 e. The number of aliphatic carboxylic acids is 1. The van der Waals surface area contributed by atoms with Gasteiger partial charge >= 0.3 is 12.1 Å². The molecule has 194 valence electrons. The first-order valence-electron chi connectivity index (χ1n) is 11.9. The number of amides is 3. The van der Waals surface area contributed by atoms with Gasteiger partial charge < -0.3 is 20.5 Å². The SMILES string of the molecule is Cc1cccc(C[C@H](NC(=O)[C@@H](NC(=O)OC(C)(C)C)C(C)C)C(=O)N2CCC[C@@H](C(=O)O)N2)c1. The van der Waals surface area contributed by atoms with E-state index in [0.29, 0.717) is 19.4 Å². The van der Waals surface area contributed by atoms with E-state index in [1.54, 1.807) is 34.6 Å². The fourth-order valence-electron chi connectivity index (χ4n) is 3.82. The van der Waals surface area contributed by atoms with Crippen LogP contribution in [0.1, 0.15) is 58.6 Å². The van der Waals surface area contributed by atoms with Gasteiger partial charge in [-0.3, -0.25) is 19.4 Å². The van der Waals surface area contributed by atoms with Gasteiger partial charge in [-0.15, -0.1) is 0 Å². The molecule has 0 bridgehead atoms. The first-order valence-corrected chi connectivity index (χ1v) is 11.9. The van der Waals surface area contributed by atoms with Crippen molar-refractivity contribution in [1.29, 1.82) is 0 Å². The number of aryl methyl sites for hydroxylation is 1. The average Bonchev–Trinajstić information content (AvgIpc) is 2.75. The van der Waals surface area contributed by atoms with Crippen molar-refractivity contribution in [2.45, 2.75) is 84.5 Å². The van der Waals surface area contributed by atoms with Crippen LogP contribution in [0.25, 0.3) is 0 Å². The molecule has 35 heavy (non-hydrogen) atoms. The molecule has 10 nitrogen and oxygen atoms in total. The molecule has 0 spiro atoms. The van der Waals surface area contributed by atoms with Crippen molar-refractivity contribution >= 4 is 23.9 Å². The third kappa shape index (κ3) is 8.86. The summed E-state index contributed by atoms with van der Waals surface area (Å²) in [6, 6.07) is 4.82. The number of rotatable bonds is 8. The largest absolute Gasteiger partial charge is 0.480 e. The van der Waals surface area contributed by atoms with Crippen LogP contribution in [0.15, 0.2) is 24.3 Å². The molecule has 4 N–H and O–H groups in total. The molecule has 1 fully saturated rings. The number of nitrogens with one attached hydrogen (secondary N) is 3. The number of carboxylic acids is 1. The Morgan fingerprint density at radius 3 is 2.46 bits per heavy atom. The van der Waals surface area contributed by atoms with Crippen molar-refractivity contribution in [2.24, 2.45) is 5.92 Å². The van der Waals surface area contributed by atoms with Crippen LogP contribution in [-0.2, 0) is 25.5 Å². The highest BCUT2D eigenvalue weighted by atomic mass is 16.6. The molecule has 0 radical (unpaired) electrons. The van der Waals surface area contributed by atoms with E-state index in [0.717, 1.165) is 11.1 Å². The predicted octanol–water partition coefficient (Wildman–Crippen LogP) is 2.15. The third-order valence-electron chi connectivity index (χ3n) is 5.51. The number of carboxylic acid groups (broad SMARTS) is 1. The molecule has 3 amide bonds. The Bertz CT molecular complexity index is 927. The minimum absolute atomic E-state index is 0.208. The molecule has 2 rings (SSSR count). The number of nitrogens with zero attached hydrogens (tertiary/aromatic N) is 1. The molecular weight excluding hydrogens is 452 g/mol. The zero-order valence-corrected chi connectivity index (χ0v) is 21.4. The fourth-order valence-corrected chi connectivity index (χ4v) is 3.82. The topological polar surface area (TPSA) is 137 Å². The monoisotopic (exact) mass is 490 g/mol. The van der Waals surface area contributed by atoms with Gasteiger partial charge in [-0.05, 0) is 52.0 Å². The molecule has 1 aliphatic rings. The van der Waals surface area contributed by atoms with Crippen molar-refractivity contribution < 1.29 is 29.0 Å². The van der Waals surface area contributed by atoms with Gasteiger partial charge in [-0.25, -0.2) is 10.2 Å². The Morgan fingerprint density at radius 2 is 1.89 bits per heavy atom. The van der Waals surface area contributed by atoms with Crippen LogP contribution < -0.4 is 16.1 Å². The molecule has 1 saturated heterocycles. The second-order valence-electron chi connectivity index (χ2n) is 10.3. The average molecular weight is 491 g/mol. The fraction of sp³-hybridized carbons (Fsp3) is 0.600. The summed E-state index contributed by atoms with van der Waals surface area (Å²) >= 11 is 0. The summed E-state index contributed by atoms with van der Waals surface area (Å²) in [4.78, 5) is 50.4. The molecule has 1 aliphatic heterocycles. The number of hydrogen-bond acceptors (Lipinski definition) is 6. The van der Waals surface area contributed by atoms with Crippen molar-refractivity contribution in [2.75, 3.05) is 6.54 Å². The zero-order chi connectivity index (χ0) is 26.3. The summed E-state index contributed by atoms with van der Waals surface area (Å²) in [7, 11) is 0. The maximum absolute atomic E-state index is 13.4. The molecule has 0 aliphatic carbocycles. The van der Waals surface area contributed by atoms with Crippen LogP contribution in [0.4, 0.5) is 4.79 Å². The number of carbonyl (C=O) groups excluding carboxylic acids is 3. The summed E-state index contributed by atoms with van der Waals surface area (Å²) in [5.74, 6) is -2.28. The summed E-state index contributed by atoms with van der Waals surface area (Å²) in [5, 5.41) is 16.0. The predicted molar refractivity (Wildman–Crippen MR) is 130 cm³/mol. The number of hydrogen-bond donors (Lipinski definition) is 4. The van der Waals surface area contributed by atoms with Crippen molar-refractivity contribution in [1.82, 2.24) is 21.1 Å². The second-order valence-corrected chi connectivity index (χ2v) is 10.3. The Morgan fingerprint density at radius 1 is 1.20 bits per heavy atom. The van der Waals surface area contributed by atoms with Crippen LogP contribution in [0.3, 0.4) is 0 Å². The Labute approximate surface area is 206 Å². The Balaban J connectivity index is 2.24. The van der Waals surface area contributed by atoms with E-state index in [-0.39, 0.29) is 12.3 Å². The van der Waals surface area contributed by atoms with Gasteiger partial charge in [-0.1, -0.05) is 43.7 Å². The molecule has 1 aromatic rings. The lowest BCUT2D eigenvalue weighted by Gasteiger charge is -2.35. The van der Waals surface area contributed by atoms with E-state index in [1.165, 1.54) is 5.01 Å². The zero-order valence-electron chi connectivity index (χ0n) is 21.4. The number of alkyl carbamates (subject to hydrolysis) is 1. The molecule has 10 heteroatoms. The van der Waals surface area contributed by atoms with Crippen LogP contribution in [0, 0.1) is 12.8 Å². The molecule has 1 aromatic carbocycles. The number of carbonyl (C=O) groups is 4. The van der Waals surface area contributed by atoms with Crippen LogP contribution in [-0.4, -0.2) is 64.3 Å². The normalized spacial score (nSPS) is 17.9. The number of benzene rings is 1. The Kier molecular flexibility index (Phi) is 9.64. The van der Waals surface area contributed by atoms with Gasteiger partial charge in [0.25, 0.3) is 5.91 Å². The van der Waals surface area contributed by atoms with E-state index in [4.69, 9.17) is 4.74 Å². The summed E-state index contributed by atoms with van der Waals surface area (Å²) < 4.78 is 5.29. The summed E-state index contributed by atoms with van der Waals surface area (Å²) in [6.45, 7) is 11.0. The van der Waals surface area contributed by atoms with Gasteiger partial charge in [0, 0.05) is 13.0 Å². The van der Waals surface area contributed by atoms with E-state index >= 15 is 0 Å². The summed E-state index contributed by atoms with van der Waals surface area (Å²) in [6.07, 6.45) is 0.410. The van der Waals surface area contributed by atoms with E-state index in [2.05, 4.69) is 16.1 Å². The highest BCUT2D eigenvalue weighted by molar-refractivity contribution is 5.91. The first-order chi connectivity index (χ1) is 16.3.